The summed E-state index contributed by atoms with van der Waals surface area (Å²) in [5.74, 6) is 0.634. The van der Waals surface area contributed by atoms with Gasteiger partial charge in [-0.05, 0) is 44.2 Å². The third kappa shape index (κ3) is 2.77. The highest BCUT2D eigenvalue weighted by Gasteiger charge is 2.39. The van der Waals surface area contributed by atoms with Crippen molar-refractivity contribution in [3.05, 3.63) is 35.9 Å². The first-order chi connectivity index (χ1) is 9.65. The monoisotopic (exact) mass is 272 g/mol. The molecule has 20 heavy (non-hydrogen) atoms. The van der Waals surface area contributed by atoms with Crippen molar-refractivity contribution in [2.75, 3.05) is 7.05 Å². The van der Waals surface area contributed by atoms with Crippen LogP contribution in [0.2, 0.25) is 0 Å². The smallest absolute Gasteiger partial charge is 0.0345 e. The maximum atomic E-state index is 3.97. The summed E-state index contributed by atoms with van der Waals surface area (Å²) in [7, 11) is 2.32. The topological polar surface area (TPSA) is 15.3 Å². The maximum absolute atomic E-state index is 3.97. The van der Waals surface area contributed by atoms with Crippen LogP contribution in [0, 0.1) is 5.92 Å². The average molecular weight is 272 g/mol. The van der Waals surface area contributed by atoms with Gasteiger partial charge >= 0.3 is 0 Å². The molecule has 2 aliphatic rings. The molecule has 0 amide bonds. The molecule has 2 heterocycles. The van der Waals surface area contributed by atoms with Crippen LogP contribution in [0.15, 0.2) is 30.3 Å². The number of piperidine rings is 1. The molecule has 0 radical (unpaired) electrons. The van der Waals surface area contributed by atoms with Gasteiger partial charge in [-0.15, -0.1) is 0 Å². The number of fused-ring (bicyclic) bond motifs is 2. The fraction of sp³-hybridized carbons (Fsp3) is 0.667. The number of rotatable bonds is 4. The van der Waals surface area contributed by atoms with E-state index in [4.69, 9.17) is 0 Å². The van der Waals surface area contributed by atoms with Crippen molar-refractivity contribution in [2.45, 2.75) is 63.7 Å². The first-order valence-corrected chi connectivity index (χ1v) is 8.18. The summed E-state index contributed by atoms with van der Waals surface area (Å²) in [6.45, 7) is 4.66. The van der Waals surface area contributed by atoms with E-state index in [1.807, 2.05) is 0 Å². The zero-order chi connectivity index (χ0) is 14.1. The van der Waals surface area contributed by atoms with Gasteiger partial charge in [0, 0.05) is 24.2 Å². The van der Waals surface area contributed by atoms with E-state index in [1.54, 1.807) is 0 Å². The van der Waals surface area contributed by atoms with Gasteiger partial charge in [-0.25, -0.2) is 0 Å². The summed E-state index contributed by atoms with van der Waals surface area (Å²) in [5.41, 5.74) is 1.44. The van der Waals surface area contributed by atoms with Crippen LogP contribution in [-0.2, 0) is 0 Å². The van der Waals surface area contributed by atoms with E-state index in [2.05, 4.69) is 61.4 Å². The highest BCUT2D eigenvalue weighted by molar-refractivity contribution is 5.19. The normalized spacial score (nSPS) is 31.7. The van der Waals surface area contributed by atoms with Gasteiger partial charge in [0.1, 0.15) is 0 Å². The molecule has 2 aliphatic heterocycles. The van der Waals surface area contributed by atoms with Gasteiger partial charge in [0.15, 0.2) is 0 Å². The van der Waals surface area contributed by atoms with E-state index in [-0.39, 0.29) is 0 Å². The van der Waals surface area contributed by atoms with E-state index in [1.165, 1.54) is 31.2 Å². The second-order valence-electron chi connectivity index (χ2n) is 7.02. The van der Waals surface area contributed by atoms with Crippen LogP contribution >= 0.6 is 0 Å². The Bertz CT molecular complexity index is 414. The van der Waals surface area contributed by atoms with Crippen LogP contribution in [0.25, 0.3) is 0 Å². The molecule has 0 spiro atoms. The summed E-state index contributed by atoms with van der Waals surface area (Å²) in [4.78, 5) is 2.62. The SMILES string of the molecule is CC(C)C(NC1CC2CCC(C1)N2C)c1ccccc1. The molecule has 110 valence electrons. The van der Waals surface area contributed by atoms with Gasteiger partial charge in [-0.2, -0.15) is 0 Å². The Morgan fingerprint density at radius 2 is 1.65 bits per heavy atom. The predicted molar refractivity (Wildman–Crippen MR) is 84.8 cm³/mol. The minimum Gasteiger partial charge on any atom is -0.307 e. The summed E-state index contributed by atoms with van der Waals surface area (Å²) in [6.07, 6.45) is 5.44. The molecule has 3 rings (SSSR count). The zero-order valence-electron chi connectivity index (χ0n) is 13.0. The number of benzene rings is 1. The Hall–Kier alpha value is -0.860. The number of hydrogen-bond acceptors (Lipinski definition) is 2. The van der Waals surface area contributed by atoms with Gasteiger partial charge in [-0.3, -0.25) is 0 Å². The number of hydrogen-bond donors (Lipinski definition) is 1. The van der Waals surface area contributed by atoms with Gasteiger partial charge in [0.05, 0.1) is 0 Å². The van der Waals surface area contributed by atoms with Crippen LogP contribution in [0.4, 0.5) is 0 Å². The van der Waals surface area contributed by atoms with E-state index in [0.29, 0.717) is 18.0 Å². The van der Waals surface area contributed by atoms with Crippen LogP contribution in [0.1, 0.15) is 51.1 Å². The maximum Gasteiger partial charge on any atom is 0.0345 e. The largest absolute Gasteiger partial charge is 0.307 e. The molecular formula is C18H28N2. The fourth-order valence-electron chi connectivity index (χ4n) is 4.14. The molecule has 2 bridgehead atoms. The molecule has 0 saturated carbocycles. The van der Waals surface area contributed by atoms with Crippen molar-refractivity contribution in [1.82, 2.24) is 10.2 Å². The fourth-order valence-corrected chi connectivity index (χ4v) is 4.14. The molecule has 1 aromatic carbocycles. The highest BCUT2D eigenvalue weighted by Crippen LogP contribution is 2.35. The predicted octanol–water partition coefficient (Wildman–Crippen LogP) is 3.60. The van der Waals surface area contributed by atoms with Gasteiger partial charge in [-0.1, -0.05) is 44.2 Å². The molecule has 2 heteroatoms. The van der Waals surface area contributed by atoms with Crippen LogP contribution < -0.4 is 5.32 Å². The Morgan fingerprint density at radius 3 is 2.20 bits per heavy atom. The van der Waals surface area contributed by atoms with E-state index in [9.17, 15) is 0 Å². The molecule has 0 aliphatic carbocycles. The Labute approximate surface area is 123 Å². The number of nitrogens with zero attached hydrogens (tertiary/aromatic N) is 1. The molecule has 2 fully saturated rings. The lowest BCUT2D eigenvalue weighted by Crippen LogP contribution is -2.48. The van der Waals surface area contributed by atoms with Crippen LogP contribution in [0.3, 0.4) is 0 Å². The van der Waals surface area contributed by atoms with Gasteiger partial charge < -0.3 is 10.2 Å². The van der Waals surface area contributed by atoms with Crippen LogP contribution in [-0.4, -0.2) is 30.1 Å². The van der Waals surface area contributed by atoms with E-state index in [0.717, 1.165) is 12.1 Å². The third-order valence-electron chi connectivity index (χ3n) is 5.34. The highest BCUT2D eigenvalue weighted by atomic mass is 15.2. The lowest BCUT2D eigenvalue weighted by Gasteiger charge is -2.39. The molecule has 1 aromatic rings. The van der Waals surface area contributed by atoms with Crippen LogP contribution in [0.5, 0.6) is 0 Å². The van der Waals surface area contributed by atoms with Crippen molar-refractivity contribution in [3.63, 3.8) is 0 Å². The standard InChI is InChI=1S/C18H28N2/c1-13(2)18(14-7-5-4-6-8-14)19-15-11-16-9-10-17(12-15)20(16)3/h4-8,13,15-19H,9-12H2,1-3H3. The van der Waals surface area contributed by atoms with Crippen molar-refractivity contribution >= 4 is 0 Å². The number of nitrogens with one attached hydrogen (secondary N) is 1. The van der Waals surface area contributed by atoms with Gasteiger partial charge in [0.25, 0.3) is 0 Å². The van der Waals surface area contributed by atoms with Crippen molar-refractivity contribution in [3.8, 4) is 0 Å². The lowest BCUT2D eigenvalue weighted by molar-refractivity contribution is 0.138. The van der Waals surface area contributed by atoms with Crippen molar-refractivity contribution < 1.29 is 0 Å². The Morgan fingerprint density at radius 1 is 1.05 bits per heavy atom. The molecular weight excluding hydrogens is 244 g/mol. The van der Waals surface area contributed by atoms with Crippen molar-refractivity contribution in [1.29, 1.82) is 0 Å². The Kier molecular flexibility index (Phi) is 4.13. The first kappa shape index (κ1) is 14.1. The van der Waals surface area contributed by atoms with Gasteiger partial charge in [0.2, 0.25) is 0 Å². The minimum absolute atomic E-state index is 0.490. The molecule has 2 saturated heterocycles. The van der Waals surface area contributed by atoms with Crippen molar-refractivity contribution in [2.24, 2.45) is 5.92 Å². The summed E-state index contributed by atoms with van der Waals surface area (Å²) < 4.78 is 0. The summed E-state index contributed by atoms with van der Waals surface area (Å²) in [5, 5.41) is 3.97. The molecule has 0 aromatic heterocycles. The lowest BCUT2D eigenvalue weighted by atomic mass is 9.91. The molecule has 2 nitrogen and oxygen atoms in total. The second kappa shape index (κ2) is 5.87. The van der Waals surface area contributed by atoms with E-state index >= 15 is 0 Å². The third-order valence-corrected chi connectivity index (χ3v) is 5.34. The minimum atomic E-state index is 0.490. The molecule has 3 atom stereocenters. The first-order valence-electron chi connectivity index (χ1n) is 8.18. The van der Waals surface area contributed by atoms with E-state index < -0.39 is 0 Å². The summed E-state index contributed by atoms with van der Waals surface area (Å²) in [6, 6.07) is 13.8. The Balaban J connectivity index is 1.69. The molecule has 3 unspecified atom stereocenters. The second-order valence-corrected chi connectivity index (χ2v) is 7.02. The zero-order valence-corrected chi connectivity index (χ0v) is 13.0. The summed E-state index contributed by atoms with van der Waals surface area (Å²) >= 11 is 0. The molecule has 1 N–H and O–H groups in total. The average Bonchev–Trinajstić information content (AvgIpc) is 2.67. The quantitative estimate of drug-likeness (QED) is 0.901.